The number of hydrogen-bond donors (Lipinski definition) is 2. The molecule has 0 unspecified atom stereocenters. The van der Waals surface area contributed by atoms with Crippen molar-refractivity contribution in [3.05, 3.63) is 23.5 Å². The quantitative estimate of drug-likeness (QED) is 0.489. The fourth-order valence-electron chi connectivity index (χ4n) is 3.15. The molecule has 0 spiro atoms. The summed E-state index contributed by atoms with van der Waals surface area (Å²) in [5.74, 6) is 1.83. The highest BCUT2D eigenvalue weighted by molar-refractivity contribution is 7.15. The Hall–Kier alpha value is -1.56. The lowest BCUT2D eigenvalue weighted by atomic mass is 10.0. The van der Waals surface area contributed by atoms with E-state index in [1.54, 1.807) is 11.3 Å². The fourth-order valence-corrected chi connectivity index (χ4v) is 3.87. The Morgan fingerprint density at radius 3 is 3.05 bits per heavy atom. The number of rotatable bonds is 6. The van der Waals surface area contributed by atoms with Crippen LogP contribution in [0.25, 0.3) is 4.96 Å². The predicted molar refractivity (Wildman–Crippen MR) is 92.5 cm³/mol. The minimum Gasteiger partial charge on any atom is -0.356 e. The van der Waals surface area contributed by atoms with Gasteiger partial charge in [-0.05, 0) is 18.8 Å². The van der Waals surface area contributed by atoms with Crippen LogP contribution in [0.3, 0.4) is 0 Å². The van der Waals surface area contributed by atoms with Gasteiger partial charge in [0.15, 0.2) is 10.9 Å². The van der Waals surface area contributed by atoms with Gasteiger partial charge < -0.3 is 10.6 Å². The Balaban J connectivity index is 1.37. The highest BCUT2D eigenvalue weighted by atomic mass is 32.1. The van der Waals surface area contributed by atoms with Crippen LogP contribution in [0.15, 0.2) is 22.8 Å². The molecule has 1 saturated carbocycles. The Morgan fingerprint density at radius 1 is 1.41 bits per heavy atom. The zero-order valence-electron chi connectivity index (χ0n) is 13.2. The predicted octanol–water partition coefficient (Wildman–Crippen LogP) is 3.03. The monoisotopic (exact) mass is 319 g/mol. The third-order valence-electron chi connectivity index (χ3n) is 4.36. The lowest BCUT2D eigenvalue weighted by Crippen LogP contribution is -2.37. The van der Waals surface area contributed by atoms with Crippen molar-refractivity contribution in [3.63, 3.8) is 0 Å². The highest BCUT2D eigenvalue weighted by Gasteiger charge is 2.14. The zero-order valence-corrected chi connectivity index (χ0v) is 14.0. The third-order valence-corrected chi connectivity index (χ3v) is 5.13. The topological polar surface area (TPSA) is 53.7 Å². The van der Waals surface area contributed by atoms with E-state index in [9.17, 15) is 0 Å². The van der Waals surface area contributed by atoms with Crippen molar-refractivity contribution in [3.8, 4) is 0 Å². The molecule has 2 N–H and O–H groups in total. The number of aliphatic imine (C=N–C) groups is 1. The molecule has 2 aromatic heterocycles. The molecule has 0 saturated heterocycles. The second-order valence-corrected chi connectivity index (χ2v) is 6.84. The average molecular weight is 319 g/mol. The molecule has 22 heavy (non-hydrogen) atoms. The highest BCUT2D eigenvalue weighted by Crippen LogP contribution is 2.28. The molecule has 6 heteroatoms. The molecule has 0 amide bonds. The van der Waals surface area contributed by atoms with E-state index in [4.69, 9.17) is 0 Å². The lowest BCUT2D eigenvalue weighted by Gasteiger charge is -2.12. The van der Waals surface area contributed by atoms with Crippen LogP contribution in [-0.4, -0.2) is 28.9 Å². The van der Waals surface area contributed by atoms with E-state index >= 15 is 0 Å². The number of hydrogen-bond acceptors (Lipinski definition) is 3. The van der Waals surface area contributed by atoms with Gasteiger partial charge in [-0.1, -0.05) is 25.7 Å². The smallest absolute Gasteiger partial charge is 0.193 e. The number of nitrogens with zero attached hydrogens (tertiary/aromatic N) is 3. The molecule has 1 aliphatic carbocycles. The maximum Gasteiger partial charge on any atom is 0.193 e. The van der Waals surface area contributed by atoms with Gasteiger partial charge in [-0.3, -0.25) is 9.39 Å². The first-order valence-corrected chi connectivity index (χ1v) is 9.08. The number of imidazole rings is 1. The molecule has 1 fully saturated rings. The van der Waals surface area contributed by atoms with E-state index in [1.165, 1.54) is 38.5 Å². The van der Waals surface area contributed by atoms with E-state index in [0.29, 0.717) is 6.54 Å². The molecule has 0 aromatic carbocycles. The molecule has 3 rings (SSSR count). The van der Waals surface area contributed by atoms with Gasteiger partial charge in [0.05, 0.1) is 12.2 Å². The van der Waals surface area contributed by atoms with E-state index in [-0.39, 0.29) is 0 Å². The van der Waals surface area contributed by atoms with Crippen molar-refractivity contribution in [2.45, 2.75) is 45.1 Å². The van der Waals surface area contributed by atoms with Gasteiger partial charge in [0.25, 0.3) is 0 Å². The largest absolute Gasteiger partial charge is 0.356 e. The molecule has 1 aliphatic rings. The van der Waals surface area contributed by atoms with Crippen molar-refractivity contribution in [2.75, 3.05) is 13.6 Å². The van der Waals surface area contributed by atoms with E-state index < -0.39 is 0 Å². The summed E-state index contributed by atoms with van der Waals surface area (Å²) in [4.78, 5) is 9.88. The zero-order chi connectivity index (χ0) is 15.2. The van der Waals surface area contributed by atoms with Gasteiger partial charge in [0.2, 0.25) is 0 Å². The van der Waals surface area contributed by atoms with E-state index in [1.807, 2.05) is 18.6 Å². The van der Waals surface area contributed by atoms with Crippen molar-refractivity contribution >= 4 is 22.3 Å². The van der Waals surface area contributed by atoms with Crippen LogP contribution in [-0.2, 0) is 6.54 Å². The fraction of sp³-hybridized carbons (Fsp3) is 0.625. The van der Waals surface area contributed by atoms with Crippen molar-refractivity contribution < 1.29 is 0 Å². The Labute approximate surface area is 135 Å². The second kappa shape index (κ2) is 7.63. The van der Waals surface area contributed by atoms with Gasteiger partial charge >= 0.3 is 0 Å². The summed E-state index contributed by atoms with van der Waals surface area (Å²) in [6, 6.07) is 0. The Bertz CT molecular complexity index is 580. The summed E-state index contributed by atoms with van der Waals surface area (Å²) in [5, 5.41) is 8.78. The SMILES string of the molecule is CN=C(NCCCC1CCCC1)NCc1cn2ccsc2n1. The minimum absolute atomic E-state index is 0.705. The normalized spacial score (nSPS) is 16.5. The third kappa shape index (κ3) is 4.00. The van der Waals surface area contributed by atoms with Crippen LogP contribution in [0, 0.1) is 5.92 Å². The van der Waals surface area contributed by atoms with Crippen molar-refractivity contribution in [1.29, 1.82) is 0 Å². The molecule has 2 aromatic rings. The molecule has 0 atom stereocenters. The molecule has 0 radical (unpaired) electrons. The molecule has 5 nitrogen and oxygen atoms in total. The molecule has 0 bridgehead atoms. The Morgan fingerprint density at radius 2 is 2.27 bits per heavy atom. The first kappa shape index (κ1) is 15.3. The van der Waals surface area contributed by atoms with Gasteiger partial charge in [-0.25, -0.2) is 4.98 Å². The maximum absolute atomic E-state index is 4.56. The van der Waals surface area contributed by atoms with Crippen LogP contribution >= 0.6 is 11.3 Å². The summed E-state index contributed by atoms with van der Waals surface area (Å²) in [6.07, 6.45) is 12.4. The summed E-state index contributed by atoms with van der Waals surface area (Å²) < 4.78 is 2.06. The summed E-state index contributed by atoms with van der Waals surface area (Å²) in [6.45, 7) is 1.70. The van der Waals surface area contributed by atoms with Gasteiger partial charge in [-0.2, -0.15) is 0 Å². The number of guanidine groups is 1. The summed E-state index contributed by atoms with van der Waals surface area (Å²) >= 11 is 1.66. The second-order valence-electron chi connectivity index (χ2n) is 5.97. The van der Waals surface area contributed by atoms with Gasteiger partial charge in [-0.15, -0.1) is 11.3 Å². The van der Waals surface area contributed by atoms with E-state index in [2.05, 4.69) is 31.2 Å². The average Bonchev–Trinajstić information content (AvgIpc) is 3.23. The lowest BCUT2D eigenvalue weighted by molar-refractivity contribution is 0.481. The van der Waals surface area contributed by atoms with Crippen LogP contribution in [0.5, 0.6) is 0 Å². The Kier molecular flexibility index (Phi) is 5.32. The van der Waals surface area contributed by atoms with Crippen LogP contribution in [0.2, 0.25) is 0 Å². The van der Waals surface area contributed by atoms with Crippen LogP contribution in [0.4, 0.5) is 0 Å². The number of aromatic nitrogens is 2. The maximum atomic E-state index is 4.56. The first-order valence-electron chi connectivity index (χ1n) is 8.21. The van der Waals surface area contributed by atoms with Gasteiger partial charge in [0.1, 0.15) is 0 Å². The molecule has 0 aliphatic heterocycles. The van der Waals surface area contributed by atoms with Crippen molar-refractivity contribution in [1.82, 2.24) is 20.0 Å². The number of thiazole rings is 1. The van der Waals surface area contributed by atoms with E-state index in [0.717, 1.165) is 29.1 Å². The summed E-state index contributed by atoms with van der Waals surface area (Å²) in [7, 11) is 1.82. The summed E-state index contributed by atoms with van der Waals surface area (Å²) in [5.41, 5.74) is 1.04. The first-order chi connectivity index (χ1) is 10.8. The standard InChI is InChI=1S/C16H25N5S/c1-17-15(18-8-4-7-13-5-2-3-6-13)19-11-14-12-21-9-10-22-16(21)20-14/h9-10,12-13H,2-8,11H2,1H3,(H2,17,18,19). The molecular formula is C16H25N5S. The van der Waals surface area contributed by atoms with Gasteiger partial charge in [0, 0.05) is 31.4 Å². The van der Waals surface area contributed by atoms with Crippen LogP contribution in [0.1, 0.15) is 44.2 Å². The molecule has 120 valence electrons. The minimum atomic E-state index is 0.705. The van der Waals surface area contributed by atoms with Crippen LogP contribution < -0.4 is 10.6 Å². The molecule has 2 heterocycles. The number of nitrogens with one attached hydrogen (secondary N) is 2. The number of fused-ring (bicyclic) bond motifs is 1. The molecular weight excluding hydrogens is 294 g/mol. The van der Waals surface area contributed by atoms with Crippen molar-refractivity contribution in [2.24, 2.45) is 10.9 Å².